The van der Waals surface area contributed by atoms with E-state index < -0.39 is 0 Å². The second kappa shape index (κ2) is 4.19. The highest BCUT2D eigenvalue weighted by atomic mass is 15.5. The number of hydrazine groups is 1. The fourth-order valence-corrected chi connectivity index (χ4v) is 2.66. The van der Waals surface area contributed by atoms with Crippen LogP contribution in [0.25, 0.3) is 0 Å². The number of benzene rings is 1. The van der Waals surface area contributed by atoms with Crippen LogP contribution in [0.15, 0.2) is 24.3 Å². The summed E-state index contributed by atoms with van der Waals surface area (Å²) in [7, 11) is 4.12. The molecule has 88 valence electrons. The van der Waals surface area contributed by atoms with E-state index >= 15 is 0 Å². The second-order valence-electron chi connectivity index (χ2n) is 5.59. The van der Waals surface area contributed by atoms with Gasteiger partial charge in [0.1, 0.15) is 0 Å². The molecule has 0 radical (unpaired) electrons. The van der Waals surface area contributed by atoms with Gasteiger partial charge in [0.25, 0.3) is 0 Å². The topological polar surface area (TPSA) is 15.3 Å². The van der Waals surface area contributed by atoms with Crippen LogP contribution >= 0.6 is 0 Å². The van der Waals surface area contributed by atoms with E-state index in [1.165, 1.54) is 24.0 Å². The molecule has 2 nitrogen and oxygen atoms in total. The molecule has 0 aromatic heterocycles. The molecule has 1 aromatic carbocycles. The van der Waals surface area contributed by atoms with Gasteiger partial charge >= 0.3 is 0 Å². The van der Waals surface area contributed by atoms with Crippen LogP contribution < -0.4 is 5.43 Å². The Bertz CT molecular complexity index is 369. The lowest BCUT2D eigenvalue weighted by atomic mass is 9.71. The van der Waals surface area contributed by atoms with Gasteiger partial charge in [-0.05, 0) is 29.4 Å². The maximum Gasteiger partial charge on any atom is 0.0467 e. The molecule has 1 aromatic rings. The van der Waals surface area contributed by atoms with Gasteiger partial charge in [-0.1, -0.05) is 38.1 Å². The van der Waals surface area contributed by atoms with Gasteiger partial charge in [0, 0.05) is 20.1 Å². The lowest BCUT2D eigenvalue weighted by Gasteiger charge is -2.38. The third-order valence-electron chi connectivity index (χ3n) is 3.54. The van der Waals surface area contributed by atoms with Gasteiger partial charge < -0.3 is 0 Å². The predicted octanol–water partition coefficient (Wildman–Crippen LogP) is 2.87. The number of rotatable bonds is 2. The molecule has 16 heavy (non-hydrogen) atoms. The summed E-state index contributed by atoms with van der Waals surface area (Å²) in [6.07, 6.45) is 2.46. The first kappa shape index (κ1) is 11.6. The van der Waals surface area contributed by atoms with Crippen molar-refractivity contribution in [1.29, 1.82) is 0 Å². The van der Waals surface area contributed by atoms with Crippen molar-refractivity contribution in [3.8, 4) is 0 Å². The first-order chi connectivity index (χ1) is 7.50. The maximum absolute atomic E-state index is 3.51. The zero-order chi connectivity index (χ0) is 11.8. The molecule has 1 N–H and O–H groups in total. The third-order valence-corrected chi connectivity index (χ3v) is 3.54. The highest BCUT2D eigenvalue weighted by Crippen LogP contribution is 2.41. The number of nitrogens with zero attached hydrogens (tertiary/aromatic N) is 1. The summed E-state index contributed by atoms with van der Waals surface area (Å²) < 4.78 is 0. The molecule has 0 aliphatic heterocycles. The Balaban J connectivity index is 2.35. The normalized spacial score (nSPS) is 23.2. The third kappa shape index (κ3) is 2.13. The first-order valence-corrected chi connectivity index (χ1v) is 6.03. The lowest BCUT2D eigenvalue weighted by Crippen LogP contribution is -2.39. The Morgan fingerprint density at radius 1 is 1.25 bits per heavy atom. The molecular formula is C14H22N2. The minimum atomic E-state index is 0.321. The molecule has 0 heterocycles. The van der Waals surface area contributed by atoms with Gasteiger partial charge in [-0.15, -0.1) is 0 Å². The molecule has 1 aliphatic rings. The van der Waals surface area contributed by atoms with Gasteiger partial charge in [0.05, 0.1) is 0 Å². The second-order valence-corrected chi connectivity index (χ2v) is 5.59. The zero-order valence-electron chi connectivity index (χ0n) is 10.7. The van der Waals surface area contributed by atoms with E-state index in [1.54, 1.807) is 0 Å². The van der Waals surface area contributed by atoms with Gasteiger partial charge in [-0.2, -0.15) is 0 Å². The molecule has 1 unspecified atom stereocenters. The lowest BCUT2D eigenvalue weighted by molar-refractivity contribution is 0.213. The van der Waals surface area contributed by atoms with Crippen molar-refractivity contribution in [3.05, 3.63) is 35.4 Å². The highest BCUT2D eigenvalue weighted by Gasteiger charge is 2.32. The summed E-state index contributed by atoms with van der Waals surface area (Å²) in [6, 6.07) is 9.30. The van der Waals surface area contributed by atoms with E-state index in [2.05, 4.69) is 62.6 Å². The smallest absolute Gasteiger partial charge is 0.0467 e. The molecule has 0 saturated heterocycles. The van der Waals surface area contributed by atoms with E-state index in [0.717, 1.165) is 0 Å². The Morgan fingerprint density at radius 2 is 1.94 bits per heavy atom. The summed E-state index contributed by atoms with van der Waals surface area (Å²) in [5.41, 5.74) is 6.80. The summed E-state index contributed by atoms with van der Waals surface area (Å²) >= 11 is 0. The molecule has 2 rings (SSSR count). The fraction of sp³-hybridized carbons (Fsp3) is 0.571. The van der Waals surface area contributed by atoms with Crippen molar-refractivity contribution in [1.82, 2.24) is 10.4 Å². The number of hydrogen-bond donors (Lipinski definition) is 1. The quantitative estimate of drug-likeness (QED) is 0.768. The van der Waals surface area contributed by atoms with Crippen LogP contribution in [-0.4, -0.2) is 19.1 Å². The van der Waals surface area contributed by atoms with Crippen molar-refractivity contribution < 1.29 is 0 Å². The Hall–Kier alpha value is -0.860. The molecule has 1 aliphatic carbocycles. The average Bonchev–Trinajstić information content (AvgIpc) is 2.23. The van der Waals surface area contributed by atoms with Crippen LogP contribution in [0.4, 0.5) is 0 Å². The minimum absolute atomic E-state index is 0.321. The SMILES string of the molecule is CN(C)NC1CCC(C)(C)c2ccccc21. The molecular weight excluding hydrogens is 196 g/mol. The highest BCUT2D eigenvalue weighted by molar-refractivity contribution is 5.37. The summed E-state index contributed by atoms with van der Waals surface area (Å²) in [5, 5.41) is 2.06. The monoisotopic (exact) mass is 218 g/mol. The molecule has 2 heteroatoms. The van der Waals surface area contributed by atoms with Crippen LogP contribution in [0.1, 0.15) is 43.9 Å². The van der Waals surface area contributed by atoms with Crippen molar-refractivity contribution in [2.45, 2.75) is 38.1 Å². The Morgan fingerprint density at radius 3 is 2.62 bits per heavy atom. The van der Waals surface area contributed by atoms with E-state index in [9.17, 15) is 0 Å². The Labute approximate surface area is 98.6 Å². The van der Waals surface area contributed by atoms with Crippen LogP contribution in [-0.2, 0) is 5.41 Å². The van der Waals surface area contributed by atoms with E-state index in [1.807, 2.05) is 0 Å². The average molecular weight is 218 g/mol. The summed E-state index contributed by atoms with van der Waals surface area (Å²) in [6.45, 7) is 4.69. The fourth-order valence-electron chi connectivity index (χ4n) is 2.66. The molecule has 0 bridgehead atoms. The number of nitrogens with one attached hydrogen (secondary N) is 1. The largest absolute Gasteiger partial charge is 0.250 e. The van der Waals surface area contributed by atoms with Gasteiger partial charge in [-0.3, -0.25) is 5.01 Å². The standard InChI is InChI=1S/C14H22N2/c1-14(2)10-9-13(15-16(3)4)11-7-5-6-8-12(11)14/h5-8,13,15H,9-10H2,1-4H3. The molecule has 0 amide bonds. The van der Waals surface area contributed by atoms with Gasteiger partial charge in [-0.25, -0.2) is 5.43 Å². The molecule has 0 fully saturated rings. The van der Waals surface area contributed by atoms with Crippen molar-refractivity contribution >= 4 is 0 Å². The van der Waals surface area contributed by atoms with Gasteiger partial charge in [0.15, 0.2) is 0 Å². The molecule has 0 spiro atoms. The zero-order valence-corrected chi connectivity index (χ0v) is 10.7. The van der Waals surface area contributed by atoms with Crippen LogP contribution in [0.3, 0.4) is 0 Å². The maximum atomic E-state index is 3.51. The van der Waals surface area contributed by atoms with Crippen LogP contribution in [0, 0.1) is 0 Å². The summed E-state index contributed by atoms with van der Waals surface area (Å²) in [5.74, 6) is 0. The van der Waals surface area contributed by atoms with E-state index in [-0.39, 0.29) is 0 Å². The Kier molecular flexibility index (Phi) is 3.04. The van der Waals surface area contributed by atoms with Crippen LogP contribution in [0.2, 0.25) is 0 Å². The van der Waals surface area contributed by atoms with Crippen LogP contribution in [0.5, 0.6) is 0 Å². The van der Waals surface area contributed by atoms with E-state index in [4.69, 9.17) is 0 Å². The van der Waals surface area contributed by atoms with Crippen molar-refractivity contribution in [2.75, 3.05) is 14.1 Å². The van der Waals surface area contributed by atoms with Crippen molar-refractivity contribution in [2.24, 2.45) is 0 Å². The summed E-state index contributed by atoms with van der Waals surface area (Å²) in [4.78, 5) is 0. The molecule has 0 saturated carbocycles. The predicted molar refractivity (Wildman–Crippen MR) is 68.3 cm³/mol. The van der Waals surface area contributed by atoms with Gasteiger partial charge in [0.2, 0.25) is 0 Å². The van der Waals surface area contributed by atoms with Crippen molar-refractivity contribution in [3.63, 3.8) is 0 Å². The minimum Gasteiger partial charge on any atom is -0.250 e. The number of hydrogen-bond acceptors (Lipinski definition) is 2. The first-order valence-electron chi connectivity index (χ1n) is 6.03. The number of fused-ring (bicyclic) bond motifs is 1. The molecule has 1 atom stereocenters. The van der Waals surface area contributed by atoms with E-state index in [0.29, 0.717) is 11.5 Å².